The predicted molar refractivity (Wildman–Crippen MR) is 177 cm³/mol. The number of aliphatic hydroxyl groups excluding tert-OH is 2. The number of aryl methyl sites for hydroxylation is 1. The Balaban J connectivity index is 1.85. The van der Waals surface area contributed by atoms with Gasteiger partial charge in [0.25, 0.3) is 11.8 Å². The maximum atomic E-state index is 13.7. The normalized spacial score (nSPS) is 13.0. The monoisotopic (exact) mass is 616 g/mol. The van der Waals surface area contributed by atoms with Crippen molar-refractivity contribution in [2.24, 2.45) is 0 Å². The summed E-state index contributed by atoms with van der Waals surface area (Å²) >= 11 is 0. The molecule has 3 atom stereocenters. The number of carbonyl (C=O) groups excluding carboxylic acids is 3. The molecule has 0 aliphatic heterocycles. The second kappa shape index (κ2) is 18.7. The van der Waals surface area contributed by atoms with Gasteiger partial charge in [-0.2, -0.15) is 0 Å². The topological polar surface area (TPSA) is 131 Å². The molecule has 0 spiro atoms. The van der Waals surface area contributed by atoms with Gasteiger partial charge in [-0.1, -0.05) is 74.5 Å². The minimum atomic E-state index is -1.34. The highest BCUT2D eigenvalue weighted by atomic mass is 16.3. The molecule has 242 valence electrons. The van der Waals surface area contributed by atoms with E-state index in [1.165, 1.54) is 0 Å². The molecule has 45 heavy (non-hydrogen) atoms. The van der Waals surface area contributed by atoms with E-state index in [9.17, 15) is 24.6 Å². The molecular weight excluding hydrogens is 568 g/mol. The summed E-state index contributed by atoms with van der Waals surface area (Å²) in [7, 11) is 0. The third-order valence-corrected chi connectivity index (χ3v) is 7.54. The number of benzene rings is 3. The maximum absolute atomic E-state index is 13.7. The molecule has 5 N–H and O–H groups in total. The van der Waals surface area contributed by atoms with Gasteiger partial charge in [-0.05, 0) is 67.5 Å². The second-order valence-corrected chi connectivity index (χ2v) is 11.3. The summed E-state index contributed by atoms with van der Waals surface area (Å²) in [5.41, 5.74) is 3.42. The van der Waals surface area contributed by atoms with Crippen LogP contribution < -0.4 is 16.0 Å². The van der Waals surface area contributed by atoms with Crippen molar-refractivity contribution < 1.29 is 24.6 Å². The molecule has 3 aromatic carbocycles. The zero-order chi connectivity index (χ0) is 32.6. The molecule has 3 aromatic rings. The van der Waals surface area contributed by atoms with Crippen LogP contribution in [-0.2, 0) is 17.6 Å². The Labute approximate surface area is 267 Å². The highest BCUT2D eigenvalue weighted by Crippen LogP contribution is 2.16. The molecule has 0 fully saturated rings. The van der Waals surface area contributed by atoms with Crippen molar-refractivity contribution in [2.75, 3.05) is 32.8 Å². The van der Waals surface area contributed by atoms with Gasteiger partial charge in [0.1, 0.15) is 6.04 Å². The van der Waals surface area contributed by atoms with Crippen molar-refractivity contribution in [2.45, 2.75) is 64.6 Å². The molecule has 3 amide bonds. The lowest BCUT2D eigenvalue weighted by Gasteiger charge is -2.31. The Morgan fingerprint density at radius 2 is 1.42 bits per heavy atom. The van der Waals surface area contributed by atoms with Crippen LogP contribution in [-0.4, -0.2) is 83.8 Å². The summed E-state index contributed by atoms with van der Waals surface area (Å²) in [6, 6.07) is 22.3. The van der Waals surface area contributed by atoms with Crippen molar-refractivity contribution in [3.63, 3.8) is 0 Å². The fourth-order valence-electron chi connectivity index (χ4n) is 5.36. The molecule has 9 heteroatoms. The lowest BCUT2D eigenvalue weighted by molar-refractivity contribution is -0.126. The number of hydrogen-bond donors (Lipinski definition) is 5. The summed E-state index contributed by atoms with van der Waals surface area (Å²) in [6.45, 7) is 7.34. The quantitative estimate of drug-likeness (QED) is 0.149. The number of amides is 3. The largest absolute Gasteiger partial charge is 0.395 e. The maximum Gasteiger partial charge on any atom is 0.253 e. The second-order valence-electron chi connectivity index (χ2n) is 11.3. The standard InChI is InChI=1S/C36H48N4O5/c1-4-19-40(20-5-2)36(45)30-23-26(3)22-29(25-30)34(43)39-31(24-28-14-10-7-11-15-28)33(42)32(37-18-21-41)35(44)38-17-16-27-12-8-6-9-13-27/h6-15,22-23,25,31-33,37,41-42H,4-5,16-21,24H2,1-3H3,(H,38,44)(H,39,43)/t31-,32+,33+/m0/s1. The summed E-state index contributed by atoms with van der Waals surface area (Å²) in [6.07, 6.45) is 1.18. The number of carbonyl (C=O) groups is 3. The van der Waals surface area contributed by atoms with Crippen LogP contribution in [0.3, 0.4) is 0 Å². The molecule has 0 saturated heterocycles. The van der Waals surface area contributed by atoms with E-state index in [0.717, 1.165) is 29.5 Å². The molecule has 0 aliphatic rings. The van der Waals surface area contributed by atoms with Crippen LogP contribution in [0.5, 0.6) is 0 Å². The van der Waals surface area contributed by atoms with Crippen LogP contribution in [0.2, 0.25) is 0 Å². The van der Waals surface area contributed by atoms with E-state index in [-0.39, 0.29) is 25.5 Å². The smallest absolute Gasteiger partial charge is 0.253 e. The lowest BCUT2D eigenvalue weighted by Crippen LogP contribution is -2.59. The van der Waals surface area contributed by atoms with Crippen LogP contribution in [0.1, 0.15) is 64.1 Å². The fourth-order valence-corrected chi connectivity index (χ4v) is 5.36. The van der Waals surface area contributed by atoms with E-state index in [2.05, 4.69) is 16.0 Å². The molecule has 3 rings (SSSR count). The van der Waals surface area contributed by atoms with Gasteiger partial charge in [0.05, 0.1) is 18.8 Å². The van der Waals surface area contributed by atoms with Gasteiger partial charge in [-0.25, -0.2) is 0 Å². The van der Waals surface area contributed by atoms with Crippen LogP contribution in [0.25, 0.3) is 0 Å². The van der Waals surface area contributed by atoms with Crippen LogP contribution in [0.4, 0.5) is 0 Å². The molecule has 0 radical (unpaired) electrons. The molecular formula is C36H48N4O5. The Morgan fingerprint density at radius 3 is 2.02 bits per heavy atom. The Bertz CT molecular complexity index is 1350. The average Bonchev–Trinajstić information content (AvgIpc) is 3.04. The zero-order valence-corrected chi connectivity index (χ0v) is 26.7. The molecule has 0 aromatic heterocycles. The van der Waals surface area contributed by atoms with Crippen LogP contribution >= 0.6 is 0 Å². The average molecular weight is 617 g/mol. The third-order valence-electron chi connectivity index (χ3n) is 7.54. The Hall–Kier alpha value is -4.05. The number of rotatable bonds is 18. The summed E-state index contributed by atoms with van der Waals surface area (Å²) < 4.78 is 0. The lowest BCUT2D eigenvalue weighted by atomic mass is 9.94. The van der Waals surface area contributed by atoms with Gasteiger partial charge in [0.2, 0.25) is 5.91 Å². The van der Waals surface area contributed by atoms with Gasteiger partial charge in [-0.15, -0.1) is 0 Å². The summed E-state index contributed by atoms with van der Waals surface area (Å²) in [4.78, 5) is 42.2. The highest BCUT2D eigenvalue weighted by Gasteiger charge is 2.34. The van der Waals surface area contributed by atoms with E-state index < -0.39 is 30.0 Å². The van der Waals surface area contributed by atoms with Crippen molar-refractivity contribution >= 4 is 17.7 Å². The SMILES string of the molecule is CCCN(CCC)C(=O)c1cc(C)cc(C(=O)N[C@@H](Cc2ccccc2)[C@@H](O)[C@@H](NCCO)C(=O)NCCc2ccccc2)c1. The first-order chi connectivity index (χ1) is 21.8. The van der Waals surface area contributed by atoms with E-state index >= 15 is 0 Å². The molecule has 0 bridgehead atoms. The van der Waals surface area contributed by atoms with E-state index in [1.807, 2.05) is 81.4 Å². The van der Waals surface area contributed by atoms with E-state index in [4.69, 9.17) is 0 Å². The molecule has 0 saturated carbocycles. The molecule has 0 aliphatic carbocycles. The molecule has 0 unspecified atom stereocenters. The minimum Gasteiger partial charge on any atom is -0.395 e. The van der Waals surface area contributed by atoms with Gasteiger partial charge < -0.3 is 31.1 Å². The molecule has 0 heterocycles. The Morgan fingerprint density at radius 1 is 0.822 bits per heavy atom. The number of nitrogens with zero attached hydrogens (tertiary/aromatic N) is 1. The van der Waals surface area contributed by atoms with Crippen molar-refractivity contribution in [3.05, 3.63) is 107 Å². The van der Waals surface area contributed by atoms with Gasteiger partial charge >= 0.3 is 0 Å². The van der Waals surface area contributed by atoms with E-state index in [0.29, 0.717) is 37.2 Å². The van der Waals surface area contributed by atoms with Gasteiger partial charge in [0.15, 0.2) is 0 Å². The number of nitrogens with one attached hydrogen (secondary N) is 3. The van der Waals surface area contributed by atoms with Crippen molar-refractivity contribution in [1.29, 1.82) is 0 Å². The van der Waals surface area contributed by atoms with E-state index in [1.54, 1.807) is 23.1 Å². The first-order valence-electron chi connectivity index (χ1n) is 15.9. The van der Waals surface area contributed by atoms with Crippen LogP contribution in [0, 0.1) is 6.92 Å². The van der Waals surface area contributed by atoms with Crippen LogP contribution in [0.15, 0.2) is 78.9 Å². The third kappa shape index (κ3) is 11.1. The first-order valence-corrected chi connectivity index (χ1v) is 15.9. The van der Waals surface area contributed by atoms with Crippen molar-refractivity contribution in [1.82, 2.24) is 20.9 Å². The summed E-state index contributed by atoms with van der Waals surface area (Å²) in [5.74, 6) is -1.03. The van der Waals surface area contributed by atoms with Gasteiger partial charge in [0, 0.05) is 37.3 Å². The fraction of sp³-hybridized carbons (Fsp3) is 0.417. The number of aliphatic hydroxyl groups is 2. The summed E-state index contributed by atoms with van der Waals surface area (Å²) in [5, 5.41) is 29.9. The first kappa shape index (κ1) is 35.4. The minimum absolute atomic E-state index is 0.0786. The number of hydrogen-bond acceptors (Lipinski definition) is 6. The highest BCUT2D eigenvalue weighted by molar-refractivity contribution is 6.00. The Kier molecular flexibility index (Phi) is 14.7. The predicted octanol–water partition coefficient (Wildman–Crippen LogP) is 3.27. The van der Waals surface area contributed by atoms with Crippen molar-refractivity contribution in [3.8, 4) is 0 Å². The zero-order valence-electron chi connectivity index (χ0n) is 26.7. The van der Waals surface area contributed by atoms with Gasteiger partial charge in [-0.3, -0.25) is 14.4 Å². The molecule has 9 nitrogen and oxygen atoms in total.